The Kier molecular flexibility index (Phi) is 6.23. The zero-order valence-electron chi connectivity index (χ0n) is 20.1. The number of nitrogens with zero attached hydrogens (tertiary/aromatic N) is 3. The van der Waals surface area contributed by atoms with Gasteiger partial charge in [-0.2, -0.15) is 0 Å². The van der Waals surface area contributed by atoms with Crippen LogP contribution >= 0.6 is 22.7 Å². The van der Waals surface area contributed by atoms with Gasteiger partial charge in [-0.15, -0.1) is 11.3 Å². The zero-order valence-corrected chi connectivity index (χ0v) is 21.7. The van der Waals surface area contributed by atoms with Crippen molar-refractivity contribution < 1.29 is 24.2 Å². The molecule has 0 saturated heterocycles. The molecular weight excluding hydrogens is 498 g/mol. The maximum absolute atomic E-state index is 13.8. The first-order valence-electron chi connectivity index (χ1n) is 11.2. The summed E-state index contributed by atoms with van der Waals surface area (Å²) in [6.07, 6.45) is 0. The van der Waals surface area contributed by atoms with E-state index < -0.39 is 23.5 Å². The number of benzene rings is 2. The van der Waals surface area contributed by atoms with Crippen LogP contribution in [-0.2, 0) is 4.79 Å². The van der Waals surface area contributed by atoms with Crippen LogP contribution in [0.25, 0.3) is 10.2 Å². The molecule has 0 aliphatic carbocycles. The molecule has 8 nitrogen and oxygen atoms in total. The normalized spacial score (nSPS) is 15.7. The van der Waals surface area contributed by atoms with E-state index in [1.54, 1.807) is 44.4 Å². The third-order valence-corrected chi connectivity index (χ3v) is 7.93. The van der Waals surface area contributed by atoms with Crippen molar-refractivity contribution in [3.8, 4) is 11.5 Å². The number of ketones is 1. The van der Waals surface area contributed by atoms with E-state index in [-0.39, 0.29) is 5.57 Å². The van der Waals surface area contributed by atoms with Crippen LogP contribution in [0.5, 0.6) is 11.5 Å². The lowest BCUT2D eigenvalue weighted by atomic mass is 9.95. The molecule has 0 spiro atoms. The second-order valence-electron chi connectivity index (χ2n) is 8.15. The predicted octanol–water partition coefficient (Wildman–Crippen LogP) is 5.56. The Labute approximate surface area is 215 Å². The van der Waals surface area contributed by atoms with E-state index in [1.165, 1.54) is 27.6 Å². The number of methoxy groups -OCH3 is 1. The van der Waals surface area contributed by atoms with Crippen molar-refractivity contribution in [1.29, 1.82) is 0 Å². The molecule has 1 aliphatic rings. The van der Waals surface area contributed by atoms with E-state index in [2.05, 4.69) is 9.97 Å². The Morgan fingerprint density at radius 3 is 2.61 bits per heavy atom. The Bertz CT molecular complexity index is 1540. The molecule has 4 aromatic rings. The van der Waals surface area contributed by atoms with Crippen molar-refractivity contribution in [2.45, 2.75) is 26.8 Å². The van der Waals surface area contributed by atoms with Crippen molar-refractivity contribution >= 4 is 49.7 Å². The topological polar surface area (TPSA) is 102 Å². The summed E-state index contributed by atoms with van der Waals surface area (Å²) in [7, 11) is 1.58. The molecule has 184 valence electrons. The van der Waals surface area contributed by atoms with Crippen molar-refractivity contribution in [3.63, 3.8) is 0 Å². The molecule has 10 heteroatoms. The van der Waals surface area contributed by atoms with Gasteiger partial charge in [0.2, 0.25) is 5.78 Å². The predicted molar refractivity (Wildman–Crippen MR) is 140 cm³/mol. The van der Waals surface area contributed by atoms with Gasteiger partial charge in [-0.05, 0) is 56.7 Å². The minimum absolute atomic E-state index is 0.00256. The van der Waals surface area contributed by atoms with E-state index in [0.29, 0.717) is 44.9 Å². The van der Waals surface area contributed by atoms with Gasteiger partial charge in [-0.3, -0.25) is 14.5 Å². The molecule has 36 heavy (non-hydrogen) atoms. The van der Waals surface area contributed by atoms with E-state index in [4.69, 9.17) is 9.47 Å². The Morgan fingerprint density at radius 1 is 1.11 bits per heavy atom. The van der Waals surface area contributed by atoms with E-state index in [0.717, 1.165) is 9.71 Å². The summed E-state index contributed by atoms with van der Waals surface area (Å²) in [4.78, 5) is 38.1. The smallest absolute Gasteiger partial charge is 0.296 e. The number of hydrogen-bond acceptors (Lipinski definition) is 9. The highest BCUT2D eigenvalue weighted by molar-refractivity contribution is 7.22. The quantitative estimate of drug-likeness (QED) is 0.318. The number of thiazole rings is 2. The summed E-state index contributed by atoms with van der Waals surface area (Å²) in [5, 5.41) is 12.1. The van der Waals surface area contributed by atoms with Crippen molar-refractivity contribution in [1.82, 2.24) is 9.97 Å². The lowest BCUT2D eigenvalue weighted by Crippen LogP contribution is -2.31. The first kappa shape index (κ1) is 24.0. The molecule has 1 amide bonds. The molecular formula is C26H23N3O5S2. The van der Waals surface area contributed by atoms with Gasteiger partial charge < -0.3 is 14.6 Å². The summed E-state index contributed by atoms with van der Waals surface area (Å²) in [5.41, 5.74) is 1.86. The van der Waals surface area contributed by atoms with Crippen LogP contribution < -0.4 is 14.4 Å². The fourth-order valence-corrected chi connectivity index (χ4v) is 6.17. The van der Waals surface area contributed by atoms with Crippen molar-refractivity contribution in [3.05, 3.63) is 74.9 Å². The van der Waals surface area contributed by atoms with Crippen LogP contribution in [0.15, 0.2) is 53.8 Å². The van der Waals surface area contributed by atoms with Gasteiger partial charge in [0, 0.05) is 0 Å². The van der Waals surface area contributed by atoms with Crippen molar-refractivity contribution in [2.24, 2.45) is 0 Å². The first-order chi connectivity index (χ1) is 17.3. The molecule has 1 N–H and O–H groups in total. The van der Waals surface area contributed by atoms with Gasteiger partial charge in [0.25, 0.3) is 5.91 Å². The number of aliphatic hydroxyl groups excluding tert-OH is 1. The average molecular weight is 522 g/mol. The largest absolute Gasteiger partial charge is 0.503 e. The van der Waals surface area contributed by atoms with Crippen LogP contribution in [0.1, 0.15) is 38.9 Å². The molecule has 0 radical (unpaired) electrons. The van der Waals surface area contributed by atoms with Gasteiger partial charge in [0.1, 0.15) is 11.5 Å². The minimum Gasteiger partial charge on any atom is -0.503 e. The number of carbonyl (C=O) groups excluding carboxylic acids is 2. The average Bonchev–Trinajstić information content (AvgIpc) is 3.51. The number of aryl methyl sites for hydroxylation is 2. The van der Waals surface area contributed by atoms with Gasteiger partial charge in [-0.25, -0.2) is 9.97 Å². The molecule has 1 aliphatic heterocycles. The summed E-state index contributed by atoms with van der Waals surface area (Å²) in [5.74, 6) is -0.441. The van der Waals surface area contributed by atoms with Gasteiger partial charge in [-0.1, -0.05) is 23.5 Å². The highest BCUT2D eigenvalue weighted by atomic mass is 32.1. The van der Waals surface area contributed by atoms with Gasteiger partial charge >= 0.3 is 0 Å². The van der Waals surface area contributed by atoms with Gasteiger partial charge in [0.05, 0.1) is 51.1 Å². The van der Waals surface area contributed by atoms with Crippen LogP contribution in [0, 0.1) is 13.8 Å². The standard InChI is InChI=1S/C26H23N3O5S2/c1-5-34-17-8-6-7-15(11-17)21-20(22(30)24-13(2)27-14(3)35-24)23(31)25(32)29(21)26-28-18-10-9-16(33-4)12-19(18)36-26/h6-12,21,31H,5H2,1-4H3. The number of carbonyl (C=O) groups is 2. The number of amides is 1. The van der Waals surface area contributed by atoms with Crippen molar-refractivity contribution in [2.75, 3.05) is 18.6 Å². The number of anilines is 1. The number of hydrogen-bond donors (Lipinski definition) is 1. The minimum atomic E-state index is -0.894. The number of fused-ring (bicyclic) bond motifs is 1. The fourth-order valence-electron chi connectivity index (χ4n) is 4.28. The Morgan fingerprint density at radius 2 is 1.92 bits per heavy atom. The Balaban J connectivity index is 1.68. The van der Waals surface area contributed by atoms with Crippen LogP contribution in [-0.4, -0.2) is 40.5 Å². The van der Waals surface area contributed by atoms with E-state index in [9.17, 15) is 14.7 Å². The lowest BCUT2D eigenvalue weighted by Gasteiger charge is -2.24. The molecule has 0 saturated carbocycles. The zero-order chi connectivity index (χ0) is 25.6. The maximum Gasteiger partial charge on any atom is 0.296 e. The SMILES string of the molecule is CCOc1cccc(C2C(C(=O)c3sc(C)nc3C)=C(O)C(=O)N2c2nc3ccc(OC)cc3s2)c1. The number of aliphatic hydroxyl groups is 1. The number of ether oxygens (including phenoxy) is 2. The molecule has 0 fully saturated rings. The van der Waals surface area contributed by atoms with Crippen LogP contribution in [0.4, 0.5) is 5.13 Å². The molecule has 5 rings (SSSR count). The fraction of sp³-hybridized carbons (Fsp3) is 0.231. The molecule has 1 atom stereocenters. The molecule has 3 heterocycles. The molecule has 2 aromatic carbocycles. The highest BCUT2D eigenvalue weighted by Crippen LogP contribution is 2.45. The van der Waals surface area contributed by atoms with E-state index in [1.807, 2.05) is 26.0 Å². The summed E-state index contributed by atoms with van der Waals surface area (Å²) in [6.45, 7) is 5.90. The molecule has 0 bridgehead atoms. The number of Topliss-reactive ketones (excluding diaryl/α,β-unsaturated/α-hetero) is 1. The summed E-state index contributed by atoms with van der Waals surface area (Å²) < 4.78 is 11.8. The third-order valence-electron chi connectivity index (χ3n) is 5.84. The third kappa shape index (κ3) is 4.02. The first-order valence-corrected chi connectivity index (χ1v) is 12.9. The molecule has 1 unspecified atom stereocenters. The number of rotatable bonds is 7. The second-order valence-corrected chi connectivity index (χ2v) is 10.4. The van der Waals surface area contributed by atoms with E-state index >= 15 is 0 Å². The lowest BCUT2D eigenvalue weighted by molar-refractivity contribution is -0.117. The number of aromatic nitrogens is 2. The maximum atomic E-state index is 13.8. The van der Waals surface area contributed by atoms with Crippen LogP contribution in [0.2, 0.25) is 0 Å². The summed E-state index contributed by atoms with van der Waals surface area (Å²) >= 11 is 2.52. The Hall–Kier alpha value is -3.76. The van der Waals surface area contributed by atoms with Gasteiger partial charge in [0.15, 0.2) is 10.9 Å². The molecule has 2 aromatic heterocycles. The monoisotopic (exact) mass is 521 g/mol. The van der Waals surface area contributed by atoms with Crippen LogP contribution in [0.3, 0.4) is 0 Å². The second kappa shape index (κ2) is 9.36. The summed E-state index contributed by atoms with van der Waals surface area (Å²) in [6, 6.07) is 11.7. The highest BCUT2D eigenvalue weighted by Gasteiger charge is 2.46.